The summed E-state index contributed by atoms with van der Waals surface area (Å²) in [6.07, 6.45) is 3.64. The zero-order chi connectivity index (χ0) is 19.4. The molecule has 6 nitrogen and oxygen atoms in total. The summed E-state index contributed by atoms with van der Waals surface area (Å²) >= 11 is 0. The summed E-state index contributed by atoms with van der Waals surface area (Å²) in [5.74, 6) is -0.0833. The number of nitrogens with zero attached hydrogens (tertiary/aromatic N) is 2. The first-order chi connectivity index (χ1) is 13.0. The summed E-state index contributed by atoms with van der Waals surface area (Å²) in [5.41, 5.74) is 3.50. The number of amides is 2. The van der Waals surface area contributed by atoms with Crippen molar-refractivity contribution in [3.8, 4) is 0 Å². The van der Waals surface area contributed by atoms with Gasteiger partial charge in [0.05, 0.1) is 5.69 Å². The molecule has 3 rings (SSSR count). The highest BCUT2D eigenvalue weighted by Crippen LogP contribution is 2.21. The standard InChI is InChI=1S/C21H28N4O2/c1-4-15(3)23-20(26)18-17-7-5-6-12-25(17)19(24-18)21(27)22-13-16-10-8-14(2)9-11-16/h8-11,15H,4-7,12-13H2,1-3H3,(H,22,27)(H,23,26). The van der Waals surface area contributed by atoms with Crippen molar-refractivity contribution < 1.29 is 9.59 Å². The molecule has 0 saturated heterocycles. The molecule has 0 saturated carbocycles. The lowest BCUT2D eigenvalue weighted by Crippen LogP contribution is -2.33. The highest BCUT2D eigenvalue weighted by atomic mass is 16.2. The van der Waals surface area contributed by atoms with Crippen LogP contribution in [0.25, 0.3) is 0 Å². The van der Waals surface area contributed by atoms with Gasteiger partial charge in [0, 0.05) is 19.1 Å². The number of carbonyl (C=O) groups is 2. The number of carbonyl (C=O) groups excluding carboxylic acids is 2. The van der Waals surface area contributed by atoms with Gasteiger partial charge in [0.15, 0.2) is 5.82 Å². The van der Waals surface area contributed by atoms with Crippen LogP contribution in [0.1, 0.15) is 71.0 Å². The van der Waals surface area contributed by atoms with E-state index >= 15 is 0 Å². The first kappa shape index (κ1) is 19.1. The van der Waals surface area contributed by atoms with Gasteiger partial charge in [-0.2, -0.15) is 0 Å². The molecule has 1 aromatic heterocycles. The van der Waals surface area contributed by atoms with Crippen LogP contribution >= 0.6 is 0 Å². The molecule has 0 fully saturated rings. The third-order valence-corrected chi connectivity index (χ3v) is 5.10. The Morgan fingerprint density at radius 3 is 2.63 bits per heavy atom. The van der Waals surface area contributed by atoms with E-state index in [4.69, 9.17) is 0 Å². The number of nitrogens with one attached hydrogen (secondary N) is 2. The second-order valence-electron chi connectivity index (χ2n) is 7.29. The minimum Gasteiger partial charge on any atom is -0.348 e. The zero-order valence-electron chi connectivity index (χ0n) is 16.3. The molecule has 1 unspecified atom stereocenters. The molecular formula is C21H28N4O2. The highest BCUT2D eigenvalue weighted by molar-refractivity contribution is 5.97. The van der Waals surface area contributed by atoms with Crippen molar-refractivity contribution in [2.75, 3.05) is 0 Å². The highest BCUT2D eigenvalue weighted by Gasteiger charge is 2.27. The summed E-state index contributed by atoms with van der Waals surface area (Å²) in [4.78, 5) is 29.8. The molecule has 2 aromatic rings. The Labute approximate surface area is 160 Å². The second kappa shape index (κ2) is 8.37. The summed E-state index contributed by atoms with van der Waals surface area (Å²) in [6.45, 7) is 7.19. The first-order valence-electron chi connectivity index (χ1n) is 9.73. The van der Waals surface area contributed by atoms with E-state index in [-0.39, 0.29) is 17.9 Å². The Bertz CT molecular complexity index is 823. The average Bonchev–Trinajstić information content (AvgIpc) is 3.07. The molecule has 0 bridgehead atoms. The number of aromatic nitrogens is 2. The third-order valence-electron chi connectivity index (χ3n) is 5.10. The van der Waals surface area contributed by atoms with E-state index in [0.29, 0.717) is 18.1 Å². The Kier molecular flexibility index (Phi) is 5.94. The van der Waals surface area contributed by atoms with Crippen LogP contribution in [0, 0.1) is 6.92 Å². The smallest absolute Gasteiger partial charge is 0.287 e. The number of aryl methyl sites for hydroxylation is 1. The van der Waals surface area contributed by atoms with E-state index in [1.54, 1.807) is 0 Å². The topological polar surface area (TPSA) is 76.0 Å². The maximum Gasteiger partial charge on any atom is 0.287 e. The van der Waals surface area contributed by atoms with Crippen molar-refractivity contribution in [1.82, 2.24) is 20.2 Å². The lowest BCUT2D eigenvalue weighted by Gasteiger charge is -2.17. The lowest BCUT2D eigenvalue weighted by molar-refractivity contribution is 0.0932. The number of hydrogen-bond donors (Lipinski definition) is 2. The van der Waals surface area contributed by atoms with Gasteiger partial charge < -0.3 is 15.2 Å². The van der Waals surface area contributed by atoms with E-state index in [1.807, 2.05) is 49.6 Å². The monoisotopic (exact) mass is 368 g/mol. The van der Waals surface area contributed by atoms with Crippen LogP contribution < -0.4 is 10.6 Å². The van der Waals surface area contributed by atoms with Crippen molar-refractivity contribution in [1.29, 1.82) is 0 Å². The predicted molar refractivity (Wildman–Crippen MR) is 105 cm³/mol. The molecule has 2 amide bonds. The van der Waals surface area contributed by atoms with Gasteiger partial charge in [0.1, 0.15) is 5.69 Å². The summed E-state index contributed by atoms with van der Waals surface area (Å²) in [7, 11) is 0. The molecule has 2 heterocycles. The van der Waals surface area contributed by atoms with Crippen LogP contribution in [0.3, 0.4) is 0 Å². The minimum atomic E-state index is -0.235. The SMILES string of the molecule is CCC(C)NC(=O)c1nc(C(=O)NCc2ccc(C)cc2)n2c1CCCC2. The van der Waals surface area contributed by atoms with Crippen molar-refractivity contribution >= 4 is 11.8 Å². The Hall–Kier alpha value is -2.63. The van der Waals surface area contributed by atoms with Crippen LogP contribution in [0.4, 0.5) is 0 Å². The van der Waals surface area contributed by atoms with Crippen molar-refractivity contribution in [2.24, 2.45) is 0 Å². The molecule has 1 aromatic carbocycles. The van der Waals surface area contributed by atoms with Crippen molar-refractivity contribution in [3.05, 3.63) is 52.6 Å². The second-order valence-corrected chi connectivity index (χ2v) is 7.29. The summed E-state index contributed by atoms with van der Waals surface area (Å²) in [6, 6.07) is 8.13. The number of imidazole rings is 1. The lowest BCUT2D eigenvalue weighted by atomic mass is 10.1. The van der Waals surface area contributed by atoms with E-state index < -0.39 is 0 Å². The third kappa shape index (κ3) is 4.38. The fourth-order valence-electron chi connectivity index (χ4n) is 3.26. The van der Waals surface area contributed by atoms with Crippen LogP contribution in [-0.4, -0.2) is 27.4 Å². The van der Waals surface area contributed by atoms with Gasteiger partial charge in [-0.3, -0.25) is 9.59 Å². The molecular weight excluding hydrogens is 340 g/mol. The molecule has 27 heavy (non-hydrogen) atoms. The summed E-state index contributed by atoms with van der Waals surface area (Å²) < 4.78 is 1.92. The molecule has 0 aliphatic carbocycles. The largest absolute Gasteiger partial charge is 0.348 e. The fraction of sp³-hybridized carbons (Fsp3) is 0.476. The maximum atomic E-state index is 12.7. The van der Waals surface area contributed by atoms with Crippen LogP contribution in [0.2, 0.25) is 0 Å². The van der Waals surface area contributed by atoms with Crippen molar-refractivity contribution in [3.63, 3.8) is 0 Å². The Morgan fingerprint density at radius 2 is 1.93 bits per heavy atom. The van der Waals surface area contributed by atoms with E-state index in [1.165, 1.54) is 5.56 Å². The van der Waals surface area contributed by atoms with Crippen LogP contribution in [-0.2, 0) is 19.5 Å². The molecule has 1 aliphatic rings. The van der Waals surface area contributed by atoms with Gasteiger partial charge in [0.2, 0.25) is 0 Å². The average molecular weight is 368 g/mol. The zero-order valence-corrected chi connectivity index (χ0v) is 16.3. The Morgan fingerprint density at radius 1 is 1.19 bits per heavy atom. The number of fused-ring (bicyclic) bond motifs is 1. The van der Waals surface area contributed by atoms with Gasteiger partial charge in [-0.15, -0.1) is 0 Å². The first-order valence-corrected chi connectivity index (χ1v) is 9.73. The number of rotatable bonds is 6. The normalized spacial score (nSPS) is 14.3. The maximum absolute atomic E-state index is 12.7. The molecule has 1 aliphatic heterocycles. The van der Waals surface area contributed by atoms with E-state index in [9.17, 15) is 9.59 Å². The van der Waals surface area contributed by atoms with Gasteiger partial charge in [-0.1, -0.05) is 36.8 Å². The molecule has 2 N–H and O–H groups in total. The quantitative estimate of drug-likeness (QED) is 0.823. The van der Waals surface area contributed by atoms with Crippen LogP contribution in [0.5, 0.6) is 0 Å². The van der Waals surface area contributed by atoms with Crippen molar-refractivity contribution in [2.45, 2.75) is 65.6 Å². The Balaban J connectivity index is 1.79. The van der Waals surface area contributed by atoms with Gasteiger partial charge in [-0.25, -0.2) is 4.98 Å². The van der Waals surface area contributed by atoms with E-state index in [2.05, 4.69) is 15.6 Å². The molecule has 0 radical (unpaired) electrons. The predicted octanol–water partition coefficient (Wildman–Crippen LogP) is 2.99. The van der Waals surface area contributed by atoms with E-state index in [0.717, 1.165) is 43.5 Å². The molecule has 0 spiro atoms. The van der Waals surface area contributed by atoms with Crippen LogP contribution in [0.15, 0.2) is 24.3 Å². The minimum absolute atomic E-state index is 0.0808. The molecule has 6 heteroatoms. The number of benzene rings is 1. The van der Waals surface area contributed by atoms with Gasteiger partial charge >= 0.3 is 0 Å². The number of hydrogen-bond acceptors (Lipinski definition) is 3. The summed E-state index contributed by atoms with van der Waals surface area (Å²) in [5, 5.41) is 5.90. The van der Waals surface area contributed by atoms with Gasteiger partial charge in [-0.05, 0) is 45.1 Å². The van der Waals surface area contributed by atoms with Gasteiger partial charge in [0.25, 0.3) is 11.8 Å². The molecule has 144 valence electrons. The fourth-order valence-corrected chi connectivity index (χ4v) is 3.26. The molecule has 1 atom stereocenters.